The first-order valence-corrected chi connectivity index (χ1v) is 30.3. The third-order valence-electron chi connectivity index (χ3n) is 12.2. The lowest BCUT2D eigenvalue weighted by Crippen LogP contribution is -2.28. The van der Waals surface area contributed by atoms with Crippen LogP contribution in [0.25, 0.3) is 0 Å². The molecule has 76 heavy (non-hydrogen) atoms. The lowest BCUT2D eigenvalue weighted by molar-refractivity contribution is -0.161. The van der Waals surface area contributed by atoms with Crippen molar-refractivity contribution in [3.8, 4) is 0 Å². The second-order valence-electron chi connectivity index (χ2n) is 19.3. The van der Waals surface area contributed by atoms with Crippen LogP contribution >= 0.6 is 0 Å². The van der Waals surface area contributed by atoms with Crippen molar-refractivity contribution >= 4 is 11.9 Å². The highest BCUT2D eigenvalue weighted by Crippen LogP contribution is 2.14. The van der Waals surface area contributed by atoms with E-state index in [1.54, 1.807) is 0 Å². The summed E-state index contributed by atoms with van der Waals surface area (Å²) in [6.07, 6.45) is 102. The van der Waals surface area contributed by atoms with E-state index >= 15 is 0 Å². The van der Waals surface area contributed by atoms with E-state index in [0.717, 1.165) is 141 Å². The van der Waals surface area contributed by atoms with Crippen LogP contribution in [0.1, 0.15) is 232 Å². The summed E-state index contributed by atoms with van der Waals surface area (Å²) in [4.78, 5) is 24.6. The number of allylic oxidation sites excluding steroid dienone is 30. The standard InChI is InChI=1S/C71H110O5/c1-3-5-7-9-11-13-15-17-19-21-23-25-27-29-30-31-32-33-34-35-36-37-38-39-40-42-44-46-48-50-52-54-56-58-60-62-64-66-71(74)76-69(67-72)68-75-70(73)65-63-61-59-57-55-53-51-49-47-45-43-41-28-26-24-22-20-18-16-14-12-10-8-6-4-2/h5-8,11-14,17-20,23-26,29-30,32-33,35-36,38-39,41,43,47,49,53,55,69,72H,3-4,9-10,15-16,21-22,27-28,31,34,37,40,42,44-46,48,50-52,54,56-68H2,1-2H3/b7-5-,8-6-,13-11-,14-12-,19-17-,20-18-,25-23-,26-24-,30-29-,33-32-,36-35-,39-38-,43-41-,49-47-,55-53-. The number of unbranched alkanes of at least 4 members (excludes halogenated alkanes) is 15. The number of hydrogen-bond donors (Lipinski definition) is 1. The van der Waals surface area contributed by atoms with E-state index in [0.29, 0.717) is 12.8 Å². The number of rotatable bonds is 53. The van der Waals surface area contributed by atoms with Crippen LogP contribution in [0.5, 0.6) is 0 Å². The molecule has 0 aliphatic rings. The molecule has 0 fully saturated rings. The Morgan fingerprint density at radius 2 is 0.526 bits per heavy atom. The summed E-state index contributed by atoms with van der Waals surface area (Å²) >= 11 is 0. The van der Waals surface area contributed by atoms with Crippen molar-refractivity contribution in [2.24, 2.45) is 0 Å². The van der Waals surface area contributed by atoms with Crippen molar-refractivity contribution < 1.29 is 24.2 Å². The molecule has 0 rings (SSSR count). The molecule has 1 N–H and O–H groups in total. The minimum Gasteiger partial charge on any atom is -0.462 e. The Bertz CT molecular complexity index is 1750. The maximum atomic E-state index is 12.3. The van der Waals surface area contributed by atoms with Crippen LogP contribution in [0.3, 0.4) is 0 Å². The molecule has 0 saturated carbocycles. The maximum Gasteiger partial charge on any atom is 0.306 e. The molecule has 424 valence electrons. The second kappa shape index (κ2) is 64.3. The normalized spacial score (nSPS) is 13.6. The minimum absolute atomic E-state index is 0.0957. The molecule has 0 aromatic carbocycles. The van der Waals surface area contributed by atoms with Crippen LogP contribution in [0.2, 0.25) is 0 Å². The highest BCUT2D eigenvalue weighted by atomic mass is 16.6. The zero-order chi connectivity index (χ0) is 54.8. The van der Waals surface area contributed by atoms with E-state index in [9.17, 15) is 14.7 Å². The van der Waals surface area contributed by atoms with Crippen molar-refractivity contribution in [3.63, 3.8) is 0 Å². The number of aliphatic hydroxyl groups is 1. The lowest BCUT2D eigenvalue weighted by Gasteiger charge is -2.15. The van der Waals surface area contributed by atoms with Gasteiger partial charge in [-0.1, -0.05) is 267 Å². The van der Waals surface area contributed by atoms with Crippen LogP contribution in [0, 0.1) is 0 Å². The predicted molar refractivity (Wildman–Crippen MR) is 333 cm³/mol. The molecule has 5 nitrogen and oxygen atoms in total. The van der Waals surface area contributed by atoms with Crippen molar-refractivity contribution in [2.45, 2.75) is 238 Å². The van der Waals surface area contributed by atoms with Crippen LogP contribution in [0.4, 0.5) is 0 Å². The lowest BCUT2D eigenvalue weighted by atomic mass is 10.0. The summed E-state index contributed by atoms with van der Waals surface area (Å²) in [5.74, 6) is -0.643. The number of carbonyl (C=O) groups excluding carboxylic acids is 2. The molecule has 0 aromatic rings. The molecule has 0 radical (unpaired) electrons. The molecule has 0 aliphatic carbocycles. The second-order valence-corrected chi connectivity index (χ2v) is 19.3. The molecule has 1 atom stereocenters. The maximum absolute atomic E-state index is 12.3. The Labute approximate surface area is 467 Å². The third kappa shape index (κ3) is 61.5. The first kappa shape index (κ1) is 71.0. The van der Waals surface area contributed by atoms with Gasteiger partial charge in [0.05, 0.1) is 6.61 Å². The fourth-order valence-corrected chi connectivity index (χ4v) is 7.73. The summed E-state index contributed by atoms with van der Waals surface area (Å²) in [5, 5.41) is 9.67. The zero-order valence-corrected chi connectivity index (χ0v) is 48.4. The quantitative estimate of drug-likeness (QED) is 0.0373. The number of aliphatic hydroxyl groups excluding tert-OH is 1. The molecule has 0 saturated heterocycles. The molecular weight excluding hydrogens is 933 g/mol. The molecule has 0 heterocycles. The van der Waals surface area contributed by atoms with Crippen molar-refractivity contribution in [1.82, 2.24) is 0 Å². The predicted octanol–water partition coefficient (Wildman–Crippen LogP) is 21.1. The van der Waals surface area contributed by atoms with Gasteiger partial charge >= 0.3 is 11.9 Å². The first-order valence-electron chi connectivity index (χ1n) is 30.3. The van der Waals surface area contributed by atoms with Gasteiger partial charge in [-0.15, -0.1) is 0 Å². The van der Waals surface area contributed by atoms with E-state index in [4.69, 9.17) is 9.47 Å². The number of ether oxygens (including phenoxy) is 2. The van der Waals surface area contributed by atoms with Crippen LogP contribution in [-0.2, 0) is 19.1 Å². The number of esters is 2. The van der Waals surface area contributed by atoms with Gasteiger partial charge in [0.15, 0.2) is 6.10 Å². The fourth-order valence-electron chi connectivity index (χ4n) is 7.73. The van der Waals surface area contributed by atoms with E-state index in [1.807, 2.05) is 0 Å². The van der Waals surface area contributed by atoms with E-state index in [1.165, 1.54) is 64.2 Å². The van der Waals surface area contributed by atoms with Crippen LogP contribution < -0.4 is 0 Å². The van der Waals surface area contributed by atoms with Gasteiger partial charge in [0.25, 0.3) is 0 Å². The van der Waals surface area contributed by atoms with Crippen molar-refractivity contribution in [2.75, 3.05) is 13.2 Å². The molecule has 1 unspecified atom stereocenters. The van der Waals surface area contributed by atoms with Gasteiger partial charge < -0.3 is 14.6 Å². The smallest absolute Gasteiger partial charge is 0.306 e. The van der Waals surface area contributed by atoms with E-state index < -0.39 is 6.10 Å². The highest BCUT2D eigenvalue weighted by molar-refractivity contribution is 5.70. The Balaban J connectivity index is 3.62. The Morgan fingerprint density at radius 1 is 0.303 bits per heavy atom. The summed E-state index contributed by atoms with van der Waals surface area (Å²) in [5.41, 5.74) is 0. The largest absolute Gasteiger partial charge is 0.462 e. The van der Waals surface area contributed by atoms with Gasteiger partial charge in [-0.05, 0) is 135 Å². The average Bonchev–Trinajstić information content (AvgIpc) is 3.42. The topological polar surface area (TPSA) is 72.8 Å². The molecule has 0 spiro atoms. The van der Waals surface area contributed by atoms with Crippen molar-refractivity contribution in [1.29, 1.82) is 0 Å². The fraction of sp³-hybridized carbons (Fsp3) is 0.549. The van der Waals surface area contributed by atoms with Gasteiger partial charge in [0.1, 0.15) is 6.61 Å². The third-order valence-corrected chi connectivity index (χ3v) is 12.2. The SMILES string of the molecule is CC/C=C\C/C=C\C/C=C\C/C=C\C/C=C\C/C=C\C/C=C\C/C=C\CCCCCCCCCCCCCCC(=O)OC(CO)COC(=O)CCCCC/C=C\C/C=C\C/C=C\C/C=C\C/C=C\C/C=C\C/C=C\CC. The van der Waals surface area contributed by atoms with E-state index in [2.05, 4.69) is 196 Å². The number of hydrogen-bond acceptors (Lipinski definition) is 5. The molecule has 0 amide bonds. The Morgan fingerprint density at radius 3 is 0.803 bits per heavy atom. The molecular formula is C71H110O5. The molecule has 0 bridgehead atoms. The Kier molecular flexibility index (Phi) is 60.1. The summed E-state index contributed by atoms with van der Waals surface area (Å²) in [7, 11) is 0. The molecule has 0 aliphatic heterocycles. The van der Waals surface area contributed by atoms with Crippen LogP contribution in [-0.4, -0.2) is 36.4 Å². The van der Waals surface area contributed by atoms with Gasteiger partial charge in [-0.2, -0.15) is 0 Å². The minimum atomic E-state index is -0.803. The zero-order valence-electron chi connectivity index (χ0n) is 48.4. The van der Waals surface area contributed by atoms with Gasteiger partial charge in [0.2, 0.25) is 0 Å². The number of carbonyl (C=O) groups is 2. The van der Waals surface area contributed by atoms with Gasteiger partial charge in [-0.25, -0.2) is 0 Å². The average molecular weight is 1040 g/mol. The summed E-state index contributed by atoms with van der Waals surface area (Å²) in [6.45, 7) is 3.87. The molecule has 5 heteroatoms. The molecule has 0 aromatic heterocycles. The van der Waals surface area contributed by atoms with Crippen molar-refractivity contribution in [3.05, 3.63) is 182 Å². The van der Waals surface area contributed by atoms with Gasteiger partial charge in [-0.3, -0.25) is 9.59 Å². The van der Waals surface area contributed by atoms with Gasteiger partial charge in [0, 0.05) is 12.8 Å². The summed E-state index contributed by atoms with van der Waals surface area (Å²) < 4.78 is 10.7. The monoisotopic (exact) mass is 1040 g/mol. The first-order chi connectivity index (χ1) is 37.6. The van der Waals surface area contributed by atoms with E-state index in [-0.39, 0.29) is 25.2 Å². The summed E-state index contributed by atoms with van der Waals surface area (Å²) in [6, 6.07) is 0. The van der Waals surface area contributed by atoms with Crippen LogP contribution in [0.15, 0.2) is 182 Å². The highest BCUT2D eigenvalue weighted by Gasteiger charge is 2.16. The Hall–Kier alpha value is -5.00.